The second-order valence-corrected chi connectivity index (χ2v) is 6.07. The first-order valence-corrected chi connectivity index (χ1v) is 7.91. The normalized spacial score (nSPS) is 13.6. The van der Waals surface area contributed by atoms with Crippen LogP contribution >= 0.6 is 0 Å². The zero-order valence-corrected chi connectivity index (χ0v) is 12.9. The van der Waals surface area contributed by atoms with Gasteiger partial charge in [-0.3, -0.25) is 0 Å². The second-order valence-electron chi connectivity index (χ2n) is 4.31. The highest BCUT2D eigenvalue weighted by Gasteiger charge is 2.18. The van der Waals surface area contributed by atoms with Gasteiger partial charge in [0, 0.05) is 39.2 Å². The van der Waals surface area contributed by atoms with Crippen molar-refractivity contribution in [2.75, 3.05) is 33.9 Å². The van der Waals surface area contributed by atoms with Gasteiger partial charge < -0.3 is 19.8 Å². The van der Waals surface area contributed by atoms with Gasteiger partial charge >= 0.3 is 0 Å². The summed E-state index contributed by atoms with van der Waals surface area (Å²) in [6.07, 6.45) is 1.17. The average molecular weight is 305 g/mol. The molecule has 116 valence electrons. The van der Waals surface area contributed by atoms with Gasteiger partial charge in [-0.2, -0.15) is 0 Å². The highest BCUT2D eigenvalue weighted by atomic mass is 32.2. The Balaban J connectivity index is 2.61. The number of aromatic nitrogens is 1. The van der Waals surface area contributed by atoms with E-state index in [0.717, 1.165) is 12.2 Å². The zero-order chi connectivity index (χ0) is 15.0. The molecule has 0 aliphatic rings. The first kappa shape index (κ1) is 17.1. The maximum Gasteiger partial charge on any atom is 0.242 e. The molecular weight excluding hydrogens is 282 g/mol. The lowest BCUT2D eigenvalue weighted by molar-refractivity contribution is 0.0320. The number of aromatic amines is 1. The van der Waals surface area contributed by atoms with E-state index in [9.17, 15) is 8.42 Å². The minimum Gasteiger partial charge on any atom is -0.382 e. The second kappa shape index (κ2) is 8.38. The number of H-pyrrole nitrogens is 1. The van der Waals surface area contributed by atoms with Crippen molar-refractivity contribution in [1.29, 1.82) is 0 Å². The molecule has 0 amide bonds. The van der Waals surface area contributed by atoms with E-state index in [0.29, 0.717) is 13.2 Å². The van der Waals surface area contributed by atoms with Crippen molar-refractivity contribution in [3.63, 3.8) is 0 Å². The number of sulfonamides is 1. The van der Waals surface area contributed by atoms with E-state index in [-0.39, 0.29) is 17.5 Å². The van der Waals surface area contributed by atoms with Crippen LogP contribution in [0.15, 0.2) is 17.2 Å². The molecule has 0 saturated carbocycles. The lowest BCUT2D eigenvalue weighted by atomic mass is 10.4. The first-order valence-electron chi connectivity index (χ1n) is 6.42. The average Bonchev–Trinajstić information content (AvgIpc) is 2.90. The van der Waals surface area contributed by atoms with Gasteiger partial charge in [0.2, 0.25) is 10.0 Å². The lowest BCUT2D eigenvalue weighted by Crippen LogP contribution is -2.35. The van der Waals surface area contributed by atoms with Gasteiger partial charge in [-0.1, -0.05) is 6.92 Å². The van der Waals surface area contributed by atoms with Crippen molar-refractivity contribution in [3.8, 4) is 0 Å². The third-order valence-corrected chi connectivity index (χ3v) is 4.18. The molecule has 0 aliphatic carbocycles. The van der Waals surface area contributed by atoms with Crippen LogP contribution in [0, 0.1) is 0 Å². The third-order valence-electron chi connectivity index (χ3n) is 2.78. The molecule has 1 aromatic heterocycles. The Morgan fingerprint density at radius 2 is 2.15 bits per heavy atom. The minimum absolute atomic E-state index is 0.167. The van der Waals surface area contributed by atoms with Gasteiger partial charge in [0.15, 0.2) is 0 Å². The molecule has 1 atom stereocenters. The standard InChI is InChI=1S/C12H23N3O4S/c1-4-13-6-10-5-12(8-14-10)20(16,17)15-7-11(19-3)9-18-2/h5,8,11,13-15H,4,6-7,9H2,1-3H3. The van der Waals surface area contributed by atoms with Crippen molar-refractivity contribution in [2.45, 2.75) is 24.5 Å². The number of nitrogens with one attached hydrogen (secondary N) is 3. The fourth-order valence-electron chi connectivity index (χ4n) is 1.62. The molecule has 3 N–H and O–H groups in total. The number of methoxy groups -OCH3 is 2. The molecular formula is C12H23N3O4S. The smallest absolute Gasteiger partial charge is 0.242 e. The monoisotopic (exact) mass is 305 g/mol. The van der Waals surface area contributed by atoms with Crippen molar-refractivity contribution < 1.29 is 17.9 Å². The van der Waals surface area contributed by atoms with Crippen LogP contribution in [0.2, 0.25) is 0 Å². The summed E-state index contributed by atoms with van der Waals surface area (Å²) in [5, 5.41) is 3.12. The SMILES string of the molecule is CCNCc1cc(S(=O)(=O)NCC(COC)OC)c[nH]1. The molecule has 0 bridgehead atoms. The molecule has 0 spiro atoms. The molecule has 1 unspecified atom stereocenters. The van der Waals surface area contributed by atoms with Gasteiger partial charge in [0.1, 0.15) is 0 Å². The van der Waals surface area contributed by atoms with Crippen LogP contribution in [0.5, 0.6) is 0 Å². The summed E-state index contributed by atoms with van der Waals surface area (Å²) in [4.78, 5) is 3.16. The summed E-state index contributed by atoms with van der Waals surface area (Å²) < 4.78 is 36.7. The largest absolute Gasteiger partial charge is 0.382 e. The van der Waals surface area contributed by atoms with Gasteiger partial charge in [-0.05, 0) is 12.6 Å². The summed E-state index contributed by atoms with van der Waals surface area (Å²) in [5.41, 5.74) is 0.826. The summed E-state index contributed by atoms with van der Waals surface area (Å²) in [5.74, 6) is 0. The summed E-state index contributed by atoms with van der Waals surface area (Å²) in [6.45, 7) is 3.92. The molecule has 0 fully saturated rings. The molecule has 1 aromatic rings. The van der Waals surface area contributed by atoms with E-state index < -0.39 is 10.0 Å². The van der Waals surface area contributed by atoms with Crippen LogP contribution in [-0.4, -0.2) is 53.4 Å². The zero-order valence-electron chi connectivity index (χ0n) is 12.1. The Morgan fingerprint density at radius 3 is 2.75 bits per heavy atom. The number of hydrogen-bond acceptors (Lipinski definition) is 5. The maximum absolute atomic E-state index is 12.1. The van der Waals surface area contributed by atoms with E-state index in [2.05, 4.69) is 15.0 Å². The Bertz CT molecular complexity index is 487. The Morgan fingerprint density at radius 1 is 1.40 bits per heavy atom. The quantitative estimate of drug-likeness (QED) is 0.569. The van der Waals surface area contributed by atoms with Crippen LogP contribution in [0.3, 0.4) is 0 Å². The lowest BCUT2D eigenvalue weighted by Gasteiger charge is -2.14. The molecule has 0 aromatic carbocycles. The van der Waals surface area contributed by atoms with Crippen LogP contribution in [0.1, 0.15) is 12.6 Å². The topological polar surface area (TPSA) is 92.5 Å². The Labute approximate surface area is 120 Å². The highest BCUT2D eigenvalue weighted by molar-refractivity contribution is 7.89. The molecule has 1 heterocycles. The van der Waals surface area contributed by atoms with Crippen molar-refractivity contribution >= 4 is 10.0 Å². The van der Waals surface area contributed by atoms with Crippen LogP contribution in [0.25, 0.3) is 0 Å². The van der Waals surface area contributed by atoms with E-state index in [4.69, 9.17) is 9.47 Å². The van der Waals surface area contributed by atoms with Crippen LogP contribution in [-0.2, 0) is 26.0 Å². The van der Waals surface area contributed by atoms with Gasteiger partial charge in [-0.25, -0.2) is 13.1 Å². The molecule has 0 aliphatic heterocycles. The van der Waals surface area contributed by atoms with E-state index in [1.807, 2.05) is 6.92 Å². The van der Waals surface area contributed by atoms with Gasteiger partial charge in [0.05, 0.1) is 17.6 Å². The van der Waals surface area contributed by atoms with Gasteiger partial charge in [0.25, 0.3) is 0 Å². The number of hydrogen-bond donors (Lipinski definition) is 3. The van der Waals surface area contributed by atoms with E-state index >= 15 is 0 Å². The fraction of sp³-hybridized carbons (Fsp3) is 0.667. The third kappa shape index (κ3) is 5.22. The van der Waals surface area contributed by atoms with E-state index in [1.54, 1.807) is 13.2 Å². The van der Waals surface area contributed by atoms with Crippen LogP contribution in [0.4, 0.5) is 0 Å². The predicted molar refractivity (Wildman–Crippen MR) is 76.0 cm³/mol. The Kier molecular flexibility index (Phi) is 7.17. The summed E-state index contributed by atoms with van der Waals surface area (Å²) >= 11 is 0. The van der Waals surface area contributed by atoms with Crippen LogP contribution < -0.4 is 10.0 Å². The van der Waals surface area contributed by atoms with Crippen molar-refractivity contribution in [3.05, 3.63) is 18.0 Å². The highest BCUT2D eigenvalue weighted by Crippen LogP contribution is 2.10. The van der Waals surface area contributed by atoms with Crippen molar-refractivity contribution in [2.24, 2.45) is 0 Å². The summed E-state index contributed by atoms with van der Waals surface area (Å²) in [6, 6.07) is 1.61. The Hall–Kier alpha value is -0.930. The molecule has 0 saturated heterocycles. The molecule has 1 rings (SSSR count). The number of rotatable bonds is 10. The predicted octanol–water partition coefficient (Wildman–Crippen LogP) is 0.0639. The molecule has 20 heavy (non-hydrogen) atoms. The maximum atomic E-state index is 12.1. The molecule has 8 heteroatoms. The van der Waals surface area contributed by atoms with Crippen molar-refractivity contribution in [1.82, 2.24) is 15.0 Å². The van der Waals surface area contributed by atoms with E-state index in [1.165, 1.54) is 13.3 Å². The number of ether oxygens (including phenoxy) is 2. The molecule has 7 nitrogen and oxygen atoms in total. The minimum atomic E-state index is -3.53. The molecule has 0 radical (unpaired) electrons. The van der Waals surface area contributed by atoms with Gasteiger partial charge in [-0.15, -0.1) is 0 Å². The summed E-state index contributed by atoms with van der Waals surface area (Å²) in [7, 11) is -0.475. The fourth-order valence-corrected chi connectivity index (χ4v) is 2.70. The first-order chi connectivity index (χ1) is 9.53.